The SMILES string of the molecule is CC(CN)CCC(=O)NC(C)CCCC(C)C(=O)O. The second kappa shape index (κ2) is 9.78. The van der Waals surface area contributed by atoms with Crippen LogP contribution in [0.15, 0.2) is 0 Å². The molecule has 0 spiro atoms. The molecule has 3 unspecified atom stereocenters. The van der Waals surface area contributed by atoms with Crippen molar-refractivity contribution in [3.8, 4) is 0 Å². The minimum atomic E-state index is -0.757. The van der Waals surface area contributed by atoms with Gasteiger partial charge in [-0.15, -0.1) is 0 Å². The van der Waals surface area contributed by atoms with Gasteiger partial charge in [-0.3, -0.25) is 9.59 Å². The molecular weight excluding hydrogens is 244 g/mol. The molecule has 0 heterocycles. The third kappa shape index (κ3) is 9.47. The molecule has 0 aromatic heterocycles. The fourth-order valence-corrected chi connectivity index (χ4v) is 1.77. The van der Waals surface area contributed by atoms with E-state index in [0.29, 0.717) is 25.3 Å². The number of carbonyl (C=O) groups excluding carboxylic acids is 1. The summed E-state index contributed by atoms with van der Waals surface area (Å²) in [4.78, 5) is 22.3. The van der Waals surface area contributed by atoms with Crippen molar-refractivity contribution in [2.45, 2.75) is 58.9 Å². The van der Waals surface area contributed by atoms with E-state index in [2.05, 4.69) is 5.32 Å². The average Bonchev–Trinajstić information content (AvgIpc) is 2.35. The second-order valence-corrected chi connectivity index (χ2v) is 5.52. The molecule has 0 saturated carbocycles. The van der Waals surface area contributed by atoms with Crippen molar-refractivity contribution in [2.24, 2.45) is 17.6 Å². The summed E-state index contributed by atoms with van der Waals surface area (Å²) in [6.07, 6.45) is 3.60. The van der Waals surface area contributed by atoms with Crippen molar-refractivity contribution in [2.75, 3.05) is 6.54 Å². The van der Waals surface area contributed by atoms with Crippen LogP contribution in [-0.2, 0) is 9.59 Å². The van der Waals surface area contributed by atoms with Gasteiger partial charge in [-0.1, -0.05) is 20.3 Å². The van der Waals surface area contributed by atoms with E-state index >= 15 is 0 Å². The summed E-state index contributed by atoms with van der Waals surface area (Å²) in [5.74, 6) is -0.641. The standard InChI is InChI=1S/C14H28N2O3/c1-10(9-15)7-8-13(17)16-12(3)6-4-5-11(2)14(18)19/h10-12H,4-9,15H2,1-3H3,(H,16,17)(H,18,19). The molecule has 0 saturated heterocycles. The number of aliphatic carboxylic acids is 1. The van der Waals surface area contributed by atoms with Crippen LogP contribution in [-0.4, -0.2) is 29.6 Å². The molecule has 3 atom stereocenters. The first-order valence-corrected chi connectivity index (χ1v) is 7.09. The smallest absolute Gasteiger partial charge is 0.306 e. The zero-order chi connectivity index (χ0) is 14.8. The van der Waals surface area contributed by atoms with Gasteiger partial charge in [0.15, 0.2) is 0 Å². The third-order valence-corrected chi connectivity index (χ3v) is 3.37. The third-order valence-electron chi connectivity index (χ3n) is 3.37. The van der Waals surface area contributed by atoms with Crippen LogP contribution in [0, 0.1) is 11.8 Å². The summed E-state index contributed by atoms with van der Waals surface area (Å²) in [5.41, 5.74) is 5.50. The fourth-order valence-electron chi connectivity index (χ4n) is 1.77. The van der Waals surface area contributed by atoms with E-state index in [-0.39, 0.29) is 17.9 Å². The predicted molar refractivity (Wildman–Crippen MR) is 75.7 cm³/mol. The van der Waals surface area contributed by atoms with Gasteiger partial charge in [-0.05, 0) is 38.6 Å². The van der Waals surface area contributed by atoms with E-state index in [4.69, 9.17) is 10.8 Å². The summed E-state index contributed by atoms with van der Waals surface area (Å²) in [6, 6.07) is 0.0988. The van der Waals surface area contributed by atoms with Crippen LogP contribution in [0.25, 0.3) is 0 Å². The number of carboxylic acid groups (broad SMARTS) is 1. The van der Waals surface area contributed by atoms with E-state index in [1.807, 2.05) is 13.8 Å². The van der Waals surface area contributed by atoms with Gasteiger partial charge in [0, 0.05) is 12.5 Å². The number of carboxylic acids is 1. The van der Waals surface area contributed by atoms with Crippen molar-refractivity contribution in [1.82, 2.24) is 5.32 Å². The molecule has 0 radical (unpaired) electrons. The first-order chi connectivity index (χ1) is 8.86. The quantitative estimate of drug-likeness (QED) is 0.565. The monoisotopic (exact) mass is 272 g/mol. The first-order valence-electron chi connectivity index (χ1n) is 7.09. The molecule has 1 amide bonds. The molecule has 0 aromatic rings. The molecule has 0 bridgehead atoms. The Morgan fingerprint density at radius 1 is 1.16 bits per heavy atom. The number of hydrogen-bond donors (Lipinski definition) is 3. The minimum Gasteiger partial charge on any atom is -0.481 e. The molecular formula is C14H28N2O3. The summed E-state index contributed by atoms with van der Waals surface area (Å²) >= 11 is 0. The van der Waals surface area contributed by atoms with Crippen molar-refractivity contribution in [3.05, 3.63) is 0 Å². The highest BCUT2D eigenvalue weighted by Crippen LogP contribution is 2.10. The van der Waals surface area contributed by atoms with Gasteiger partial charge >= 0.3 is 5.97 Å². The Balaban J connectivity index is 3.70. The highest BCUT2D eigenvalue weighted by molar-refractivity contribution is 5.76. The Labute approximate surface area is 115 Å². The Morgan fingerprint density at radius 2 is 1.79 bits per heavy atom. The summed E-state index contributed by atoms with van der Waals surface area (Å²) in [7, 11) is 0. The average molecular weight is 272 g/mol. The van der Waals surface area contributed by atoms with Crippen molar-refractivity contribution >= 4 is 11.9 Å². The lowest BCUT2D eigenvalue weighted by atomic mass is 10.0. The normalized spacial score (nSPS) is 15.6. The van der Waals surface area contributed by atoms with E-state index in [1.165, 1.54) is 0 Å². The molecule has 0 aliphatic heterocycles. The number of hydrogen-bond acceptors (Lipinski definition) is 3. The van der Waals surface area contributed by atoms with E-state index in [9.17, 15) is 9.59 Å². The van der Waals surface area contributed by atoms with Gasteiger partial charge in [0.05, 0.1) is 5.92 Å². The summed E-state index contributed by atoms with van der Waals surface area (Å²) in [6.45, 7) is 6.30. The maximum absolute atomic E-state index is 11.6. The van der Waals surface area contributed by atoms with Gasteiger partial charge in [-0.2, -0.15) is 0 Å². The Kier molecular flexibility index (Phi) is 9.21. The second-order valence-electron chi connectivity index (χ2n) is 5.52. The molecule has 5 nitrogen and oxygen atoms in total. The van der Waals surface area contributed by atoms with Gasteiger partial charge < -0.3 is 16.2 Å². The van der Waals surface area contributed by atoms with Gasteiger partial charge in [-0.25, -0.2) is 0 Å². The number of amides is 1. The maximum atomic E-state index is 11.6. The lowest BCUT2D eigenvalue weighted by Gasteiger charge is -2.15. The van der Waals surface area contributed by atoms with Crippen molar-refractivity contribution < 1.29 is 14.7 Å². The fraction of sp³-hybridized carbons (Fsp3) is 0.857. The van der Waals surface area contributed by atoms with Crippen LogP contribution in [0.2, 0.25) is 0 Å². The molecule has 4 N–H and O–H groups in total. The number of nitrogens with one attached hydrogen (secondary N) is 1. The molecule has 0 rings (SSSR count). The van der Waals surface area contributed by atoms with Gasteiger partial charge in [0.25, 0.3) is 0 Å². The summed E-state index contributed by atoms with van der Waals surface area (Å²) < 4.78 is 0. The summed E-state index contributed by atoms with van der Waals surface area (Å²) in [5, 5.41) is 11.7. The lowest BCUT2D eigenvalue weighted by molar-refractivity contribution is -0.141. The number of carbonyl (C=O) groups is 2. The van der Waals surface area contributed by atoms with E-state index in [0.717, 1.165) is 19.3 Å². The van der Waals surface area contributed by atoms with Gasteiger partial charge in [0.1, 0.15) is 0 Å². The molecule has 19 heavy (non-hydrogen) atoms. The number of rotatable bonds is 10. The van der Waals surface area contributed by atoms with Crippen LogP contribution in [0.5, 0.6) is 0 Å². The lowest BCUT2D eigenvalue weighted by Crippen LogP contribution is -2.33. The van der Waals surface area contributed by atoms with Crippen LogP contribution in [0.4, 0.5) is 0 Å². The van der Waals surface area contributed by atoms with Gasteiger partial charge in [0.2, 0.25) is 5.91 Å². The maximum Gasteiger partial charge on any atom is 0.306 e. The molecule has 0 aromatic carbocycles. The molecule has 112 valence electrons. The number of nitrogens with two attached hydrogens (primary N) is 1. The Morgan fingerprint density at radius 3 is 2.32 bits per heavy atom. The zero-order valence-electron chi connectivity index (χ0n) is 12.3. The molecule has 0 aliphatic rings. The van der Waals surface area contributed by atoms with Crippen LogP contribution < -0.4 is 11.1 Å². The Hall–Kier alpha value is -1.10. The van der Waals surface area contributed by atoms with E-state index < -0.39 is 5.97 Å². The van der Waals surface area contributed by atoms with Crippen molar-refractivity contribution in [3.63, 3.8) is 0 Å². The molecule has 0 fully saturated rings. The Bertz CT molecular complexity index is 282. The molecule has 5 heteroatoms. The highest BCUT2D eigenvalue weighted by atomic mass is 16.4. The zero-order valence-corrected chi connectivity index (χ0v) is 12.3. The topological polar surface area (TPSA) is 92.4 Å². The van der Waals surface area contributed by atoms with E-state index in [1.54, 1.807) is 6.92 Å². The van der Waals surface area contributed by atoms with Crippen LogP contribution in [0.1, 0.15) is 52.9 Å². The van der Waals surface area contributed by atoms with Crippen molar-refractivity contribution in [1.29, 1.82) is 0 Å². The molecule has 0 aliphatic carbocycles. The van der Waals surface area contributed by atoms with Crippen LogP contribution >= 0.6 is 0 Å². The highest BCUT2D eigenvalue weighted by Gasteiger charge is 2.12. The largest absolute Gasteiger partial charge is 0.481 e. The minimum absolute atomic E-state index is 0.0547. The first kappa shape index (κ1) is 17.9. The predicted octanol–water partition coefficient (Wildman–Crippen LogP) is 1.76. The van der Waals surface area contributed by atoms with Crippen LogP contribution in [0.3, 0.4) is 0 Å².